The first-order chi connectivity index (χ1) is 6.33. The lowest BCUT2D eigenvalue weighted by Gasteiger charge is -2.61. The summed E-state index contributed by atoms with van der Waals surface area (Å²) in [6.45, 7) is 0. The van der Waals surface area contributed by atoms with E-state index in [0.29, 0.717) is 11.3 Å². The third kappa shape index (κ3) is 0.971. The van der Waals surface area contributed by atoms with Crippen LogP contribution in [0.4, 0.5) is 0 Å². The summed E-state index contributed by atoms with van der Waals surface area (Å²) in [5.74, 6) is 1.69. The molecule has 4 atom stereocenters. The maximum absolute atomic E-state index is 9.93. The Morgan fingerprint density at radius 1 is 0.923 bits per heavy atom. The average Bonchev–Trinajstić information content (AvgIpc) is 2.12. The fraction of sp³-hybridized carbons (Fsp3) is 1.00. The van der Waals surface area contributed by atoms with E-state index < -0.39 is 0 Å². The van der Waals surface area contributed by atoms with Gasteiger partial charge in [-0.25, -0.2) is 0 Å². The molecule has 0 bridgehead atoms. The lowest BCUT2D eigenvalue weighted by atomic mass is 9.44. The second-order valence-corrected chi connectivity index (χ2v) is 5.47. The number of aliphatic hydroxyl groups is 1. The van der Waals surface area contributed by atoms with Gasteiger partial charge in [0.1, 0.15) is 0 Å². The molecule has 0 aliphatic heterocycles. The van der Waals surface area contributed by atoms with Crippen molar-refractivity contribution in [3.8, 4) is 0 Å². The predicted octanol–water partition coefficient (Wildman–Crippen LogP) is 2.73. The number of hydrogen-bond donors (Lipinski definition) is 1. The lowest BCUT2D eigenvalue weighted by molar-refractivity contribution is -0.154. The first-order valence-corrected chi connectivity index (χ1v) is 6.01. The van der Waals surface area contributed by atoms with Gasteiger partial charge in [-0.3, -0.25) is 0 Å². The molecule has 0 saturated heterocycles. The summed E-state index contributed by atoms with van der Waals surface area (Å²) in [7, 11) is 0. The molecule has 3 aliphatic rings. The molecule has 1 nitrogen and oxygen atoms in total. The van der Waals surface area contributed by atoms with Crippen LogP contribution in [0.3, 0.4) is 0 Å². The molecule has 0 aromatic carbocycles. The molecule has 0 radical (unpaired) electrons. The molecular formula is C12H20O. The third-order valence-corrected chi connectivity index (χ3v) is 5.19. The molecule has 3 rings (SSSR count). The average molecular weight is 180 g/mol. The molecule has 0 aromatic rings. The monoisotopic (exact) mass is 180 g/mol. The number of hydrogen-bond acceptors (Lipinski definition) is 1. The molecule has 1 spiro atoms. The Bertz CT molecular complexity index is 209. The van der Waals surface area contributed by atoms with Gasteiger partial charge in [-0.15, -0.1) is 0 Å². The molecule has 0 heterocycles. The Hall–Kier alpha value is -0.0400. The molecular weight excluding hydrogens is 160 g/mol. The molecule has 0 aromatic heterocycles. The summed E-state index contributed by atoms with van der Waals surface area (Å²) in [4.78, 5) is 0. The van der Waals surface area contributed by atoms with Crippen LogP contribution in [0.25, 0.3) is 0 Å². The Morgan fingerprint density at radius 3 is 2.62 bits per heavy atom. The van der Waals surface area contributed by atoms with Crippen LogP contribution in [0, 0.1) is 17.3 Å². The van der Waals surface area contributed by atoms with Crippen LogP contribution >= 0.6 is 0 Å². The minimum absolute atomic E-state index is 0.0584. The van der Waals surface area contributed by atoms with E-state index in [-0.39, 0.29) is 6.10 Å². The van der Waals surface area contributed by atoms with Crippen molar-refractivity contribution in [1.82, 2.24) is 0 Å². The van der Waals surface area contributed by atoms with Crippen LogP contribution in [0.2, 0.25) is 0 Å². The van der Waals surface area contributed by atoms with Crippen LogP contribution in [-0.4, -0.2) is 11.2 Å². The van der Waals surface area contributed by atoms with Gasteiger partial charge in [-0.1, -0.05) is 12.8 Å². The van der Waals surface area contributed by atoms with E-state index in [9.17, 15) is 5.11 Å². The summed E-state index contributed by atoms with van der Waals surface area (Å²) in [5.41, 5.74) is 0.635. The molecule has 74 valence electrons. The summed E-state index contributed by atoms with van der Waals surface area (Å²) >= 11 is 0. The van der Waals surface area contributed by atoms with Crippen molar-refractivity contribution in [3.63, 3.8) is 0 Å². The van der Waals surface area contributed by atoms with Gasteiger partial charge in [0.15, 0.2) is 0 Å². The van der Waals surface area contributed by atoms with Gasteiger partial charge in [0, 0.05) is 0 Å². The van der Waals surface area contributed by atoms with Crippen molar-refractivity contribution in [1.29, 1.82) is 0 Å². The maximum atomic E-state index is 9.93. The lowest BCUT2D eigenvalue weighted by Crippen LogP contribution is -2.55. The molecule has 13 heavy (non-hydrogen) atoms. The topological polar surface area (TPSA) is 20.2 Å². The fourth-order valence-electron chi connectivity index (χ4n) is 4.42. The summed E-state index contributed by atoms with van der Waals surface area (Å²) < 4.78 is 0. The Morgan fingerprint density at radius 2 is 1.85 bits per heavy atom. The molecule has 3 fully saturated rings. The van der Waals surface area contributed by atoms with Gasteiger partial charge in [0.2, 0.25) is 0 Å². The molecule has 4 unspecified atom stereocenters. The van der Waals surface area contributed by atoms with Crippen molar-refractivity contribution >= 4 is 0 Å². The molecule has 1 heteroatoms. The van der Waals surface area contributed by atoms with Gasteiger partial charge in [-0.2, -0.15) is 0 Å². The van der Waals surface area contributed by atoms with E-state index in [1.807, 2.05) is 0 Å². The Kier molecular flexibility index (Phi) is 1.74. The van der Waals surface area contributed by atoms with Crippen molar-refractivity contribution in [2.24, 2.45) is 17.3 Å². The molecule has 3 saturated carbocycles. The largest absolute Gasteiger partial charge is 0.393 e. The SMILES string of the molecule is OC1CCC2CCCCC23CCC13. The van der Waals surface area contributed by atoms with E-state index in [0.717, 1.165) is 12.3 Å². The van der Waals surface area contributed by atoms with Crippen LogP contribution in [0.15, 0.2) is 0 Å². The summed E-state index contributed by atoms with van der Waals surface area (Å²) in [6, 6.07) is 0. The zero-order valence-electron chi connectivity index (χ0n) is 8.34. The fourth-order valence-corrected chi connectivity index (χ4v) is 4.42. The van der Waals surface area contributed by atoms with E-state index in [1.54, 1.807) is 0 Å². The second-order valence-electron chi connectivity index (χ2n) is 5.47. The minimum atomic E-state index is 0.0584. The first-order valence-electron chi connectivity index (χ1n) is 6.01. The van der Waals surface area contributed by atoms with E-state index >= 15 is 0 Å². The highest BCUT2D eigenvalue weighted by Crippen LogP contribution is 2.63. The van der Waals surface area contributed by atoms with Crippen LogP contribution in [-0.2, 0) is 0 Å². The first kappa shape index (κ1) is 8.28. The summed E-state index contributed by atoms with van der Waals surface area (Å²) in [6.07, 6.45) is 11.0. The van der Waals surface area contributed by atoms with Gasteiger partial charge >= 0.3 is 0 Å². The Labute approximate surface area is 80.5 Å². The highest BCUT2D eigenvalue weighted by Gasteiger charge is 2.56. The van der Waals surface area contributed by atoms with Crippen molar-refractivity contribution < 1.29 is 5.11 Å². The summed E-state index contributed by atoms with van der Waals surface area (Å²) in [5, 5.41) is 9.93. The van der Waals surface area contributed by atoms with E-state index in [4.69, 9.17) is 0 Å². The Balaban J connectivity index is 1.86. The molecule has 3 aliphatic carbocycles. The highest BCUT2D eigenvalue weighted by molar-refractivity contribution is 5.06. The smallest absolute Gasteiger partial charge is 0.0573 e. The van der Waals surface area contributed by atoms with E-state index in [2.05, 4.69) is 0 Å². The molecule has 0 amide bonds. The zero-order valence-corrected chi connectivity index (χ0v) is 8.34. The predicted molar refractivity (Wildman–Crippen MR) is 52.4 cm³/mol. The van der Waals surface area contributed by atoms with Crippen LogP contribution in [0.5, 0.6) is 0 Å². The van der Waals surface area contributed by atoms with Crippen molar-refractivity contribution in [3.05, 3.63) is 0 Å². The van der Waals surface area contributed by atoms with E-state index in [1.165, 1.54) is 44.9 Å². The van der Waals surface area contributed by atoms with Crippen LogP contribution in [0.1, 0.15) is 51.4 Å². The maximum Gasteiger partial charge on any atom is 0.0573 e. The van der Waals surface area contributed by atoms with Gasteiger partial charge in [0.25, 0.3) is 0 Å². The third-order valence-electron chi connectivity index (χ3n) is 5.19. The van der Waals surface area contributed by atoms with Gasteiger partial charge in [-0.05, 0) is 55.8 Å². The van der Waals surface area contributed by atoms with Gasteiger partial charge in [0.05, 0.1) is 6.10 Å². The highest BCUT2D eigenvalue weighted by atomic mass is 16.3. The quantitative estimate of drug-likeness (QED) is 0.607. The number of aliphatic hydroxyl groups excluding tert-OH is 1. The van der Waals surface area contributed by atoms with Crippen molar-refractivity contribution in [2.75, 3.05) is 0 Å². The standard InChI is InChI=1S/C12H20O/c13-11-5-4-9-3-1-2-7-12(9)8-6-10(11)12/h9-11,13H,1-8H2. The van der Waals surface area contributed by atoms with Crippen molar-refractivity contribution in [2.45, 2.75) is 57.5 Å². The molecule has 1 N–H and O–H groups in total. The second kappa shape index (κ2) is 2.73. The normalized spacial score (nSPS) is 54.7. The van der Waals surface area contributed by atoms with Gasteiger partial charge < -0.3 is 5.11 Å². The number of rotatable bonds is 0. The minimum Gasteiger partial charge on any atom is -0.393 e. The van der Waals surface area contributed by atoms with Crippen LogP contribution < -0.4 is 0 Å². The zero-order chi connectivity index (χ0) is 8.89.